The van der Waals surface area contributed by atoms with E-state index in [1.807, 2.05) is 4.90 Å². The Morgan fingerprint density at radius 1 is 1.22 bits per heavy atom. The van der Waals surface area contributed by atoms with Crippen LogP contribution >= 0.6 is 0 Å². The topological polar surface area (TPSA) is 35.6 Å². The molecule has 1 amide bonds. The van der Waals surface area contributed by atoms with E-state index in [9.17, 15) is 4.79 Å². The van der Waals surface area contributed by atoms with E-state index in [1.165, 1.54) is 19.3 Å². The van der Waals surface area contributed by atoms with Gasteiger partial charge in [0.2, 0.25) is 5.91 Å². The molecule has 0 aromatic heterocycles. The Morgan fingerprint density at radius 3 is 2.39 bits per heavy atom. The normalized spacial score (nSPS) is 18.1. The molecule has 106 valence electrons. The number of likely N-dealkylation sites (tertiary alicyclic amines) is 1. The van der Waals surface area contributed by atoms with Crippen LogP contribution in [0.4, 0.5) is 0 Å². The zero-order chi connectivity index (χ0) is 13.4. The quantitative estimate of drug-likeness (QED) is 0.745. The maximum Gasteiger partial charge on any atom is 0.236 e. The largest absolute Gasteiger partial charge is 0.342 e. The summed E-state index contributed by atoms with van der Waals surface area (Å²) in [6, 6.07) is 0.374. The van der Waals surface area contributed by atoms with Gasteiger partial charge in [-0.1, -0.05) is 13.8 Å². The highest BCUT2D eigenvalue weighted by Gasteiger charge is 2.17. The zero-order valence-corrected chi connectivity index (χ0v) is 12.2. The highest BCUT2D eigenvalue weighted by Crippen LogP contribution is 2.08. The highest BCUT2D eigenvalue weighted by atomic mass is 16.2. The van der Waals surface area contributed by atoms with Crippen LogP contribution in [0.3, 0.4) is 0 Å². The molecule has 0 aliphatic carbocycles. The minimum Gasteiger partial charge on any atom is -0.342 e. The summed E-state index contributed by atoms with van der Waals surface area (Å²) in [7, 11) is 0. The summed E-state index contributed by atoms with van der Waals surface area (Å²) < 4.78 is 0. The predicted octanol–water partition coefficient (Wildman–Crippen LogP) is 1.32. The molecule has 0 radical (unpaired) electrons. The minimum atomic E-state index is 0.265. The van der Waals surface area contributed by atoms with E-state index < -0.39 is 0 Å². The fourth-order valence-electron chi connectivity index (χ4n) is 2.45. The molecule has 1 saturated heterocycles. The molecule has 4 heteroatoms. The average molecular weight is 255 g/mol. The van der Waals surface area contributed by atoms with Crippen molar-refractivity contribution in [1.82, 2.24) is 15.1 Å². The number of nitrogens with zero attached hydrogens (tertiary/aromatic N) is 2. The van der Waals surface area contributed by atoms with Crippen molar-refractivity contribution in [3.05, 3.63) is 0 Å². The number of amides is 1. The maximum absolute atomic E-state index is 12.0. The number of piperidine rings is 1. The lowest BCUT2D eigenvalue weighted by Gasteiger charge is -2.28. The molecule has 1 atom stereocenters. The summed E-state index contributed by atoms with van der Waals surface area (Å²) in [4.78, 5) is 16.4. The number of nitrogens with one attached hydrogen (secondary N) is 1. The fourth-order valence-corrected chi connectivity index (χ4v) is 2.45. The second-order valence-corrected chi connectivity index (χ2v) is 5.21. The Morgan fingerprint density at radius 2 is 1.83 bits per heavy atom. The second kappa shape index (κ2) is 8.48. The third-order valence-corrected chi connectivity index (χ3v) is 3.74. The number of likely N-dealkylation sites (N-methyl/N-ethyl adjacent to an activating group) is 1. The molecule has 1 unspecified atom stereocenters. The first-order chi connectivity index (χ1) is 8.67. The van der Waals surface area contributed by atoms with E-state index >= 15 is 0 Å². The van der Waals surface area contributed by atoms with Crippen molar-refractivity contribution in [2.45, 2.75) is 46.1 Å². The molecule has 1 fully saturated rings. The minimum absolute atomic E-state index is 0.265. The molecular weight excluding hydrogens is 226 g/mol. The number of carbonyl (C=O) groups is 1. The lowest BCUT2D eigenvalue weighted by atomic mass is 10.1. The standard InChI is InChI=1S/C14H29N3O/c1-4-16(5-2)12-13(3)15-11-14(18)17-9-7-6-8-10-17/h13,15H,4-12H2,1-3H3. The molecule has 1 aliphatic rings. The summed E-state index contributed by atoms with van der Waals surface area (Å²) >= 11 is 0. The summed E-state index contributed by atoms with van der Waals surface area (Å²) in [6.07, 6.45) is 3.61. The van der Waals surface area contributed by atoms with Gasteiger partial charge in [-0.05, 0) is 39.3 Å². The molecule has 1 aliphatic heterocycles. The molecule has 1 heterocycles. The second-order valence-electron chi connectivity index (χ2n) is 5.21. The van der Waals surface area contributed by atoms with Crippen LogP contribution in [0.5, 0.6) is 0 Å². The number of hydrogen-bond donors (Lipinski definition) is 1. The predicted molar refractivity (Wildman–Crippen MR) is 75.7 cm³/mol. The van der Waals surface area contributed by atoms with Gasteiger partial charge in [0.1, 0.15) is 0 Å². The van der Waals surface area contributed by atoms with Crippen LogP contribution in [0.1, 0.15) is 40.0 Å². The van der Waals surface area contributed by atoms with Crippen molar-refractivity contribution in [2.75, 3.05) is 39.3 Å². The lowest BCUT2D eigenvalue weighted by Crippen LogP contribution is -2.46. The molecular formula is C14H29N3O. The van der Waals surface area contributed by atoms with Gasteiger partial charge >= 0.3 is 0 Å². The average Bonchev–Trinajstić information content (AvgIpc) is 2.43. The third-order valence-electron chi connectivity index (χ3n) is 3.74. The monoisotopic (exact) mass is 255 g/mol. The first-order valence-electron chi connectivity index (χ1n) is 7.40. The number of rotatable bonds is 7. The Kier molecular flexibility index (Phi) is 7.28. The SMILES string of the molecule is CCN(CC)CC(C)NCC(=O)N1CCCCC1. The summed E-state index contributed by atoms with van der Waals surface area (Å²) in [5.74, 6) is 0.265. The van der Waals surface area contributed by atoms with Crippen LogP contribution < -0.4 is 5.32 Å². The molecule has 0 spiro atoms. The zero-order valence-electron chi connectivity index (χ0n) is 12.2. The van der Waals surface area contributed by atoms with Gasteiger partial charge in [-0.2, -0.15) is 0 Å². The maximum atomic E-state index is 12.0. The first-order valence-corrected chi connectivity index (χ1v) is 7.40. The van der Waals surface area contributed by atoms with E-state index in [0.29, 0.717) is 12.6 Å². The van der Waals surface area contributed by atoms with Crippen LogP contribution in [-0.2, 0) is 4.79 Å². The lowest BCUT2D eigenvalue weighted by molar-refractivity contribution is -0.131. The van der Waals surface area contributed by atoms with Crippen molar-refractivity contribution >= 4 is 5.91 Å². The molecule has 0 aromatic rings. The Balaban J connectivity index is 2.20. The Hall–Kier alpha value is -0.610. The van der Waals surface area contributed by atoms with Gasteiger partial charge in [0, 0.05) is 25.7 Å². The van der Waals surface area contributed by atoms with E-state index in [4.69, 9.17) is 0 Å². The summed E-state index contributed by atoms with van der Waals surface area (Å²) in [6.45, 7) is 12.1. The van der Waals surface area contributed by atoms with Crippen LogP contribution in [0.15, 0.2) is 0 Å². The van der Waals surface area contributed by atoms with Gasteiger partial charge in [-0.15, -0.1) is 0 Å². The van der Waals surface area contributed by atoms with Crippen LogP contribution in [0.2, 0.25) is 0 Å². The van der Waals surface area contributed by atoms with E-state index in [2.05, 4.69) is 31.0 Å². The van der Waals surface area contributed by atoms with Gasteiger partial charge in [0.05, 0.1) is 6.54 Å². The molecule has 0 saturated carbocycles. The molecule has 0 bridgehead atoms. The van der Waals surface area contributed by atoms with Crippen molar-refractivity contribution in [1.29, 1.82) is 0 Å². The van der Waals surface area contributed by atoms with Gasteiger partial charge in [-0.25, -0.2) is 0 Å². The van der Waals surface area contributed by atoms with E-state index in [0.717, 1.165) is 32.7 Å². The van der Waals surface area contributed by atoms with Crippen molar-refractivity contribution in [3.63, 3.8) is 0 Å². The van der Waals surface area contributed by atoms with Crippen LogP contribution in [0.25, 0.3) is 0 Å². The van der Waals surface area contributed by atoms with Gasteiger partial charge in [-0.3, -0.25) is 4.79 Å². The smallest absolute Gasteiger partial charge is 0.236 e. The summed E-state index contributed by atoms with van der Waals surface area (Å²) in [5.41, 5.74) is 0. The molecule has 4 nitrogen and oxygen atoms in total. The van der Waals surface area contributed by atoms with Crippen molar-refractivity contribution in [2.24, 2.45) is 0 Å². The number of hydrogen-bond acceptors (Lipinski definition) is 3. The van der Waals surface area contributed by atoms with Gasteiger partial charge in [0.25, 0.3) is 0 Å². The van der Waals surface area contributed by atoms with Crippen molar-refractivity contribution < 1.29 is 4.79 Å². The van der Waals surface area contributed by atoms with Gasteiger partial charge < -0.3 is 15.1 Å². The fraction of sp³-hybridized carbons (Fsp3) is 0.929. The molecule has 18 heavy (non-hydrogen) atoms. The Bertz CT molecular complexity index is 235. The van der Waals surface area contributed by atoms with E-state index in [-0.39, 0.29) is 5.91 Å². The molecule has 0 aromatic carbocycles. The molecule has 1 rings (SSSR count). The van der Waals surface area contributed by atoms with Crippen molar-refractivity contribution in [3.8, 4) is 0 Å². The highest BCUT2D eigenvalue weighted by molar-refractivity contribution is 5.78. The van der Waals surface area contributed by atoms with Crippen LogP contribution in [0, 0.1) is 0 Å². The first kappa shape index (κ1) is 15.4. The Labute approximate surface area is 112 Å². The van der Waals surface area contributed by atoms with Crippen LogP contribution in [-0.4, -0.2) is 61.0 Å². The van der Waals surface area contributed by atoms with Gasteiger partial charge in [0.15, 0.2) is 0 Å². The summed E-state index contributed by atoms with van der Waals surface area (Å²) in [5, 5.41) is 3.35. The third kappa shape index (κ3) is 5.36. The van der Waals surface area contributed by atoms with E-state index in [1.54, 1.807) is 0 Å². The number of carbonyl (C=O) groups excluding carboxylic acids is 1. The molecule has 1 N–H and O–H groups in total.